The van der Waals surface area contributed by atoms with Crippen molar-refractivity contribution in [1.82, 2.24) is 14.5 Å². The van der Waals surface area contributed by atoms with E-state index in [2.05, 4.69) is 21.2 Å². The second kappa shape index (κ2) is 13.2. The Morgan fingerprint density at radius 2 is 1.52 bits per heavy atom. The maximum atomic E-state index is 13.9. The molecule has 1 N–H and O–H groups in total. The molecule has 0 spiro atoms. The summed E-state index contributed by atoms with van der Waals surface area (Å²) in [6.45, 7) is 1.94. The van der Waals surface area contributed by atoms with Gasteiger partial charge in [0.2, 0.25) is 21.8 Å². The molecule has 4 aromatic carbocycles. The van der Waals surface area contributed by atoms with Crippen LogP contribution >= 0.6 is 15.9 Å². The Morgan fingerprint density at radius 1 is 0.850 bits per heavy atom. The average Bonchev–Trinajstić information content (AvgIpc) is 2.95. The largest absolute Gasteiger partial charge is 0.355 e. The number of benzene rings is 4. The Bertz CT molecular complexity index is 1590. The minimum Gasteiger partial charge on any atom is -0.355 e. The molecule has 4 rings (SSSR count). The first kappa shape index (κ1) is 29.5. The number of hydrogen-bond acceptors (Lipinski definition) is 4. The van der Waals surface area contributed by atoms with E-state index < -0.39 is 28.5 Å². The van der Waals surface area contributed by atoms with Crippen LogP contribution in [0.5, 0.6) is 0 Å². The first-order chi connectivity index (χ1) is 19.2. The predicted molar refractivity (Wildman–Crippen MR) is 161 cm³/mol. The van der Waals surface area contributed by atoms with Crippen LogP contribution in [-0.4, -0.2) is 55.6 Å². The van der Waals surface area contributed by atoms with Crippen molar-refractivity contribution in [2.75, 3.05) is 20.1 Å². The van der Waals surface area contributed by atoms with Crippen molar-refractivity contribution in [3.63, 3.8) is 0 Å². The Kier molecular flexibility index (Phi) is 9.73. The summed E-state index contributed by atoms with van der Waals surface area (Å²) in [6.07, 6.45) is 0.285. The summed E-state index contributed by atoms with van der Waals surface area (Å²) in [4.78, 5) is 28.8. The summed E-state index contributed by atoms with van der Waals surface area (Å²) >= 11 is 3.47. The maximum absolute atomic E-state index is 13.9. The molecule has 1 atom stereocenters. The summed E-state index contributed by atoms with van der Waals surface area (Å²) in [7, 11) is -2.59. The number of rotatable bonds is 11. The minimum absolute atomic E-state index is 0.101. The van der Waals surface area contributed by atoms with Gasteiger partial charge in [-0.1, -0.05) is 88.7 Å². The lowest BCUT2D eigenvalue weighted by molar-refractivity contribution is -0.141. The number of hydrogen-bond donors (Lipinski definition) is 1. The lowest BCUT2D eigenvalue weighted by Gasteiger charge is -2.32. The van der Waals surface area contributed by atoms with E-state index in [4.69, 9.17) is 0 Å². The molecule has 7 nitrogen and oxygen atoms in total. The topological polar surface area (TPSA) is 86.8 Å². The minimum atomic E-state index is -3.98. The fourth-order valence-corrected chi connectivity index (χ4v) is 6.15. The molecule has 2 amide bonds. The van der Waals surface area contributed by atoms with Crippen LogP contribution in [-0.2, 0) is 32.6 Å². The van der Waals surface area contributed by atoms with E-state index in [1.165, 1.54) is 11.9 Å². The average molecular weight is 623 g/mol. The van der Waals surface area contributed by atoms with Gasteiger partial charge in [0.15, 0.2) is 0 Å². The molecule has 0 radical (unpaired) electrons. The molecule has 0 saturated heterocycles. The third-order valence-corrected chi connectivity index (χ3v) is 8.94. The van der Waals surface area contributed by atoms with Crippen LogP contribution in [0.2, 0.25) is 0 Å². The molecule has 208 valence electrons. The fraction of sp³-hybridized carbons (Fsp3) is 0.226. The van der Waals surface area contributed by atoms with Crippen molar-refractivity contribution in [3.8, 4) is 0 Å². The molecule has 0 aromatic heterocycles. The van der Waals surface area contributed by atoms with Crippen molar-refractivity contribution < 1.29 is 18.0 Å². The SMILES string of the molecule is CCNC(=O)[C@@H](Cc1ccccc1)N(Cc1cccc(Br)c1)C(=O)CN(C)S(=O)(=O)c1ccc2ccccc2c1. The van der Waals surface area contributed by atoms with Gasteiger partial charge in [-0.2, -0.15) is 4.31 Å². The Hall–Kier alpha value is -3.53. The predicted octanol–water partition coefficient (Wildman–Crippen LogP) is 5.00. The van der Waals surface area contributed by atoms with Gasteiger partial charge in [0.05, 0.1) is 11.4 Å². The molecule has 9 heteroatoms. The van der Waals surface area contributed by atoms with Crippen molar-refractivity contribution in [3.05, 3.63) is 113 Å². The second-order valence-electron chi connectivity index (χ2n) is 9.52. The zero-order valence-corrected chi connectivity index (χ0v) is 24.9. The fourth-order valence-electron chi connectivity index (χ4n) is 4.55. The van der Waals surface area contributed by atoms with Crippen molar-refractivity contribution >= 4 is 48.5 Å². The smallest absolute Gasteiger partial charge is 0.243 e. The van der Waals surface area contributed by atoms with Crippen LogP contribution in [0, 0.1) is 0 Å². The quantitative estimate of drug-likeness (QED) is 0.255. The highest BCUT2D eigenvalue weighted by molar-refractivity contribution is 9.10. The number of nitrogens with zero attached hydrogens (tertiary/aromatic N) is 2. The highest BCUT2D eigenvalue weighted by atomic mass is 79.9. The first-order valence-corrected chi connectivity index (χ1v) is 15.2. The molecule has 0 bridgehead atoms. The van der Waals surface area contributed by atoms with E-state index >= 15 is 0 Å². The lowest BCUT2D eigenvalue weighted by atomic mass is 10.0. The molecule has 0 fully saturated rings. The third kappa shape index (κ3) is 7.15. The maximum Gasteiger partial charge on any atom is 0.243 e. The monoisotopic (exact) mass is 621 g/mol. The third-order valence-electron chi connectivity index (χ3n) is 6.65. The van der Waals surface area contributed by atoms with Crippen molar-refractivity contribution in [2.45, 2.75) is 30.8 Å². The number of halogens is 1. The number of fused-ring (bicyclic) bond motifs is 1. The Labute approximate surface area is 244 Å². The van der Waals surface area contributed by atoms with Gasteiger partial charge >= 0.3 is 0 Å². The van der Waals surface area contributed by atoms with Crippen molar-refractivity contribution in [2.24, 2.45) is 0 Å². The van der Waals surface area contributed by atoms with Crippen LogP contribution in [0.1, 0.15) is 18.1 Å². The van der Waals surface area contributed by atoms with E-state index in [1.54, 1.807) is 18.2 Å². The van der Waals surface area contributed by atoms with Crippen LogP contribution in [0.3, 0.4) is 0 Å². The van der Waals surface area contributed by atoms with Crippen LogP contribution < -0.4 is 5.32 Å². The number of carbonyl (C=O) groups is 2. The molecule has 0 saturated carbocycles. The number of likely N-dealkylation sites (N-methyl/N-ethyl adjacent to an activating group) is 2. The van der Waals surface area contributed by atoms with Gasteiger partial charge < -0.3 is 10.2 Å². The van der Waals surface area contributed by atoms with Gasteiger partial charge in [-0.05, 0) is 53.1 Å². The van der Waals surface area contributed by atoms with E-state index in [0.717, 1.165) is 30.7 Å². The zero-order chi connectivity index (χ0) is 28.7. The number of amides is 2. The standard InChI is InChI=1S/C31H32BrN3O4S/c1-3-33-31(37)29(19-23-10-5-4-6-11-23)35(21-24-12-9-15-27(32)18-24)30(36)22-34(2)40(38,39)28-17-16-25-13-7-8-14-26(25)20-28/h4-18,20,29H,3,19,21-22H2,1-2H3,(H,33,37)/t29-/m1/s1. The van der Waals surface area contributed by atoms with Gasteiger partial charge in [0, 0.05) is 31.0 Å². The first-order valence-electron chi connectivity index (χ1n) is 13.0. The van der Waals surface area contributed by atoms with E-state index in [1.807, 2.05) is 85.8 Å². The van der Waals surface area contributed by atoms with Crippen LogP contribution in [0.15, 0.2) is 106 Å². The highest BCUT2D eigenvalue weighted by Gasteiger charge is 2.33. The highest BCUT2D eigenvalue weighted by Crippen LogP contribution is 2.23. The number of carbonyl (C=O) groups excluding carboxylic acids is 2. The number of nitrogens with one attached hydrogen (secondary N) is 1. The Balaban J connectivity index is 1.66. The molecular weight excluding hydrogens is 590 g/mol. The van der Waals surface area contributed by atoms with Crippen molar-refractivity contribution in [1.29, 1.82) is 0 Å². The van der Waals surface area contributed by atoms with Gasteiger partial charge in [-0.25, -0.2) is 8.42 Å². The van der Waals surface area contributed by atoms with Crippen LogP contribution in [0.4, 0.5) is 0 Å². The lowest BCUT2D eigenvalue weighted by Crippen LogP contribution is -2.53. The second-order valence-corrected chi connectivity index (χ2v) is 12.5. The van der Waals surface area contributed by atoms with Gasteiger partial charge in [0.25, 0.3) is 0 Å². The molecule has 40 heavy (non-hydrogen) atoms. The van der Waals surface area contributed by atoms with Gasteiger partial charge in [-0.3, -0.25) is 9.59 Å². The molecule has 0 aliphatic heterocycles. The summed E-state index contributed by atoms with van der Waals surface area (Å²) < 4.78 is 28.9. The molecule has 4 aromatic rings. The summed E-state index contributed by atoms with van der Waals surface area (Å²) in [6, 6.07) is 28.5. The molecule has 0 aliphatic rings. The number of sulfonamides is 1. The summed E-state index contributed by atoms with van der Waals surface area (Å²) in [5.41, 5.74) is 1.70. The Morgan fingerprint density at radius 3 is 2.23 bits per heavy atom. The molecule has 0 unspecified atom stereocenters. The van der Waals surface area contributed by atoms with E-state index in [-0.39, 0.29) is 23.8 Å². The summed E-state index contributed by atoms with van der Waals surface area (Å²) in [5.74, 6) is -0.770. The van der Waals surface area contributed by atoms with Gasteiger partial charge in [0.1, 0.15) is 6.04 Å². The molecule has 0 heterocycles. The van der Waals surface area contributed by atoms with E-state index in [0.29, 0.717) is 6.54 Å². The zero-order valence-electron chi connectivity index (χ0n) is 22.5. The van der Waals surface area contributed by atoms with Gasteiger partial charge in [-0.15, -0.1) is 0 Å². The normalized spacial score (nSPS) is 12.3. The van der Waals surface area contributed by atoms with E-state index in [9.17, 15) is 18.0 Å². The molecule has 0 aliphatic carbocycles. The summed E-state index contributed by atoms with van der Waals surface area (Å²) in [5, 5.41) is 4.56. The molecular formula is C31H32BrN3O4S. The van der Waals surface area contributed by atoms with Crippen LogP contribution in [0.25, 0.3) is 10.8 Å².